The summed E-state index contributed by atoms with van der Waals surface area (Å²) in [6, 6.07) is 16.1. The number of carbonyl (C=O) groups is 2. The normalized spacial score (nSPS) is 13.0. The average molecular weight is 385 g/mol. The van der Waals surface area contributed by atoms with Gasteiger partial charge in [0.05, 0.1) is 27.8 Å². The molecule has 0 fully saturated rings. The van der Waals surface area contributed by atoms with E-state index in [4.69, 9.17) is 5.73 Å². The Kier molecular flexibility index (Phi) is 3.44. The molecular formula is C21H15N5O3. The van der Waals surface area contributed by atoms with Crippen molar-refractivity contribution in [3.8, 4) is 11.4 Å². The van der Waals surface area contributed by atoms with E-state index >= 15 is 0 Å². The van der Waals surface area contributed by atoms with Gasteiger partial charge in [-0.15, -0.1) is 0 Å². The molecule has 2 aromatic heterocycles. The van der Waals surface area contributed by atoms with Gasteiger partial charge in [-0.05, 0) is 43.3 Å². The number of nitrogen functional groups attached to an aromatic ring is 1. The van der Waals surface area contributed by atoms with Crippen molar-refractivity contribution in [2.24, 2.45) is 0 Å². The standard InChI is InChI=1S/C21H15N5O3/c1-11-23-15-4-2-3-5-16(15)25(11)12-6-8-13(9-7-12)26-17(27)10-14-18(19(26)22)21(29)24-20(14)28/h2-10H,22H2,1H3,(H,24,28,29). The number of imide groups is 1. The highest BCUT2D eigenvalue weighted by atomic mass is 16.2. The van der Waals surface area contributed by atoms with Crippen LogP contribution in [-0.2, 0) is 0 Å². The zero-order valence-corrected chi connectivity index (χ0v) is 15.3. The highest BCUT2D eigenvalue weighted by molar-refractivity contribution is 6.23. The number of anilines is 1. The summed E-state index contributed by atoms with van der Waals surface area (Å²) >= 11 is 0. The highest BCUT2D eigenvalue weighted by Gasteiger charge is 2.31. The Morgan fingerprint density at radius 3 is 2.28 bits per heavy atom. The van der Waals surface area contributed by atoms with E-state index < -0.39 is 17.4 Å². The number of fused-ring (bicyclic) bond motifs is 2. The molecule has 8 nitrogen and oxygen atoms in total. The number of rotatable bonds is 2. The molecule has 0 bridgehead atoms. The van der Waals surface area contributed by atoms with Crippen LogP contribution in [0.1, 0.15) is 26.5 Å². The van der Waals surface area contributed by atoms with Crippen molar-refractivity contribution in [1.82, 2.24) is 19.4 Å². The first-order valence-electron chi connectivity index (χ1n) is 8.92. The van der Waals surface area contributed by atoms with Crippen molar-refractivity contribution < 1.29 is 9.59 Å². The number of aromatic nitrogens is 3. The van der Waals surface area contributed by atoms with Crippen molar-refractivity contribution in [1.29, 1.82) is 0 Å². The molecule has 4 aromatic rings. The summed E-state index contributed by atoms with van der Waals surface area (Å²) in [6.45, 7) is 1.92. The lowest BCUT2D eigenvalue weighted by Gasteiger charge is -2.13. The van der Waals surface area contributed by atoms with Gasteiger partial charge in [0.1, 0.15) is 11.6 Å². The fourth-order valence-corrected chi connectivity index (χ4v) is 3.77. The van der Waals surface area contributed by atoms with Crippen molar-refractivity contribution in [2.75, 3.05) is 5.73 Å². The number of carbonyl (C=O) groups excluding carboxylic acids is 2. The number of nitrogens with two attached hydrogens (primary N) is 1. The number of hydrogen-bond acceptors (Lipinski definition) is 5. The molecule has 0 radical (unpaired) electrons. The number of pyridine rings is 1. The van der Waals surface area contributed by atoms with Crippen LogP contribution in [0.3, 0.4) is 0 Å². The van der Waals surface area contributed by atoms with Gasteiger partial charge >= 0.3 is 0 Å². The van der Waals surface area contributed by atoms with Crippen LogP contribution in [0.5, 0.6) is 0 Å². The van der Waals surface area contributed by atoms with E-state index in [1.54, 1.807) is 12.1 Å². The molecule has 0 atom stereocenters. The number of hydrogen-bond donors (Lipinski definition) is 2. The van der Waals surface area contributed by atoms with Gasteiger partial charge in [-0.1, -0.05) is 12.1 Å². The Bertz CT molecular complexity index is 1400. The van der Waals surface area contributed by atoms with Crippen LogP contribution >= 0.6 is 0 Å². The average Bonchev–Trinajstić information content (AvgIpc) is 3.17. The number of benzene rings is 2. The monoisotopic (exact) mass is 385 g/mol. The number of para-hydroxylation sites is 2. The quantitative estimate of drug-likeness (QED) is 0.512. The summed E-state index contributed by atoms with van der Waals surface area (Å²) in [5.41, 5.74) is 8.87. The number of amides is 2. The second-order valence-electron chi connectivity index (χ2n) is 6.77. The van der Waals surface area contributed by atoms with Crippen molar-refractivity contribution in [3.05, 3.63) is 81.9 Å². The van der Waals surface area contributed by atoms with E-state index in [2.05, 4.69) is 10.3 Å². The maximum absolute atomic E-state index is 12.6. The predicted molar refractivity (Wildman–Crippen MR) is 108 cm³/mol. The van der Waals surface area contributed by atoms with E-state index in [0.717, 1.165) is 28.6 Å². The van der Waals surface area contributed by atoms with E-state index in [9.17, 15) is 14.4 Å². The Hall–Kier alpha value is -4.20. The maximum Gasteiger partial charge on any atom is 0.262 e. The molecule has 5 rings (SSSR count). The lowest BCUT2D eigenvalue weighted by molar-refractivity contribution is 0.0880. The van der Waals surface area contributed by atoms with Crippen LogP contribution in [0.4, 0.5) is 5.82 Å². The molecule has 1 aliphatic heterocycles. The van der Waals surface area contributed by atoms with Gasteiger partial charge in [-0.3, -0.25) is 28.8 Å². The Morgan fingerprint density at radius 1 is 0.897 bits per heavy atom. The third-order valence-electron chi connectivity index (χ3n) is 5.05. The molecule has 2 amide bonds. The molecule has 1 aliphatic rings. The summed E-state index contributed by atoms with van der Waals surface area (Å²) in [4.78, 5) is 41.0. The molecule has 8 heteroatoms. The summed E-state index contributed by atoms with van der Waals surface area (Å²) in [6.07, 6.45) is 0. The molecule has 29 heavy (non-hydrogen) atoms. The molecule has 3 N–H and O–H groups in total. The third kappa shape index (κ3) is 2.39. The first-order valence-corrected chi connectivity index (χ1v) is 8.92. The second-order valence-corrected chi connectivity index (χ2v) is 6.77. The van der Waals surface area contributed by atoms with Crippen molar-refractivity contribution in [3.63, 3.8) is 0 Å². The Labute approximate surface area is 164 Å². The molecule has 2 aromatic carbocycles. The molecular weight excluding hydrogens is 370 g/mol. The lowest BCUT2D eigenvalue weighted by Crippen LogP contribution is -2.24. The lowest BCUT2D eigenvalue weighted by atomic mass is 10.1. The summed E-state index contributed by atoms with van der Waals surface area (Å²) in [5.74, 6) is -0.441. The minimum absolute atomic E-state index is 0.00544. The van der Waals surface area contributed by atoms with Gasteiger partial charge in [-0.2, -0.15) is 0 Å². The van der Waals surface area contributed by atoms with Gasteiger partial charge in [0.25, 0.3) is 17.4 Å². The molecule has 0 unspecified atom stereocenters. The number of aryl methyl sites for hydroxylation is 1. The number of nitrogens with zero attached hydrogens (tertiary/aromatic N) is 3. The molecule has 0 aliphatic carbocycles. The Balaban J connectivity index is 1.65. The topological polar surface area (TPSA) is 112 Å². The highest BCUT2D eigenvalue weighted by Crippen LogP contribution is 2.25. The van der Waals surface area contributed by atoms with Gasteiger partial charge < -0.3 is 5.73 Å². The van der Waals surface area contributed by atoms with Crippen molar-refractivity contribution in [2.45, 2.75) is 6.92 Å². The zero-order valence-electron chi connectivity index (χ0n) is 15.3. The van der Waals surface area contributed by atoms with Crippen LogP contribution in [0, 0.1) is 6.92 Å². The number of nitrogens with one attached hydrogen (secondary N) is 1. The largest absolute Gasteiger partial charge is 0.384 e. The maximum atomic E-state index is 12.6. The molecule has 0 saturated carbocycles. The van der Waals surface area contributed by atoms with E-state index in [0.29, 0.717) is 5.69 Å². The fourth-order valence-electron chi connectivity index (χ4n) is 3.77. The van der Waals surface area contributed by atoms with Crippen LogP contribution in [0.25, 0.3) is 22.4 Å². The summed E-state index contributed by atoms with van der Waals surface area (Å²) in [5, 5.41) is 2.16. The minimum atomic E-state index is -0.612. The summed E-state index contributed by atoms with van der Waals surface area (Å²) < 4.78 is 3.24. The van der Waals surface area contributed by atoms with E-state index in [-0.39, 0.29) is 16.9 Å². The van der Waals surface area contributed by atoms with Gasteiger partial charge in [0, 0.05) is 11.8 Å². The molecule has 0 saturated heterocycles. The van der Waals surface area contributed by atoms with E-state index in [1.807, 2.05) is 47.9 Å². The summed E-state index contributed by atoms with van der Waals surface area (Å²) in [7, 11) is 0. The molecule has 142 valence electrons. The zero-order chi connectivity index (χ0) is 20.3. The second kappa shape index (κ2) is 5.90. The first kappa shape index (κ1) is 16.9. The van der Waals surface area contributed by atoms with Gasteiger partial charge in [0.15, 0.2) is 0 Å². The Morgan fingerprint density at radius 2 is 1.55 bits per heavy atom. The smallest absolute Gasteiger partial charge is 0.262 e. The van der Waals surface area contributed by atoms with Crippen molar-refractivity contribution >= 4 is 28.7 Å². The predicted octanol–water partition coefficient (Wildman–Crippen LogP) is 1.95. The first-order chi connectivity index (χ1) is 14.0. The van der Waals surface area contributed by atoms with E-state index in [1.165, 1.54) is 4.57 Å². The van der Waals surface area contributed by atoms with Gasteiger partial charge in [-0.25, -0.2) is 4.98 Å². The molecule has 0 spiro atoms. The van der Waals surface area contributed by atoms with Crippen LogP contribution in [0.2, 0.25) is 0 Å². The minimum Gasteiger partial charge on any atom is -0.384 e. The van der Waals surface area contributed by atoms with Gasteiger partial charge in [0.2, 0.25) is 0 Å². The molecule has 3 heterocycles. The number of imidazole rings is 1. The SMILES string of the molecule is Cc1nc2ccccc2n1-c1ccc(-n2c(N)c3c(cc2=O)C(=O)NC3=O)cc1. The third-order valence-corrected chi connectivity index (χ3v) is 5.05. The van der Waals surface area contributed by atoms with Crippen LogP contribution in [-0.4, -0.2) is 25.9 Å². The van der Waals surface area contributed by atoms with Crippen LogP contribution in [0.15, 0.2) is 59.4 Å². The fraction of sp³-hybridized carbons (Fsp3) is 0.0476. The van der Waals surface area contributed by atoms with Crippen LogP contribution < -0.4 is 16.6 Å².